The lowest BCUT2D eigenvalue weighted by atomic mass is 9.87. The third-order valence-electron chi connectivity index (χ3n) is 5.97. The highest BCUT2D eigenvalue weighted by Crippen LogP contribution is 2.43. The van der Waals surface area contributed by atoms with E-state index >= 15 is 0 Å². The molecule has 2 N–H and O–H groups in total. The number of carbonyl (C=O) groups excluding carboxylic acids is 1. The number of nitrogens with one attached hydrogen (secondary N) is 2. The van der Waals surface area contributed by atoms with E-state index in [0.29, 0.717) is 49.5 Å². The van der Waals surface area contributed by atoms with Gasteiger partial charge in [-0.05, 0) is 25.3 Å². The minimum atomic E-state index is -0.438. The first kappa shape index (κ1) is 24.1. The lowest BCUT2D eigenvalue weighted by Crippen LogP contribution is -2.33. The van der Waals surface area contributed by atoms with Crippen molar-refractivity contribution in [1.29, 1.82) is 0 Å². The largest absolute Gasteiger partial charge is 0.457 e. The average molecular weight is 505 g/mol. The number of hydrogen-bond acceptors (Lipinski definition) is 8. The number of para-hydroxylation sites is 2. The summed E-state index contributed by atoms with van der Waals surface area (Å²) in [5.74, 6) is 1.63. The minimum absolute atomic E-state index is 0.0765. The van der Waals surface area contributed by atoms with Gasteiger partial charge in [-0.2, -0.15) is 5.10 Å². The van der Waals surface area contributed by atoms with Gasteiger partial charge >= 0.3 is 0 Å². The predicted octanol–water partition coefficient (Wildman–Crippen LogP) is 4.05. The Balaban J connectivity index is 1.31. The van der Waals surface area contributed by atoms with Crippen LogP contribution in [0.25, 0.3) is 11.0 Å². The Morgan fingerprint density at radius 2 is 1.81 bits per heavy atom. The molecule has 1 aliphatic rings. The van der Waals surface area contributed by atoms with Crippen LogP contribution in [0.4, 0.5) is 5.82 Å². The van der Waals surface area contributed by atoms with E-state index in [2.05, 4.69) is 25.7 Å². The first-order valence-electron chi connectivity index (χ1n) is 11.9. The van der Waals surface area contributed by atoms with Gasteiger partial charge in [-0.15, -0.1) is 0 Å². The number of carbonyl (C=O) groups is 1. The smallest absolute Gasteiger partial charge is 0.232 e. The van der Waals surface area contributed by atoms with Gasteiger partial charge in [-0.3, -0.25) is 4.79 Å². The summed E-state index contributed by atoms with van der Waals surface area (Å²) in [6, 6.07) is 15.3. The number of aromatic nitrogens is 4. The Labute approximate surface area is 213 Å². The molecule has 0 bridgehead atoms. The van der Waals surface area contributed by atoms with Crippen LogP contribution < -0.4 is 15.4 Å². The monoisotopic (exact) mass is 504 g/mol. The second kappa shape index (κ2) is 11.0. The van der Waals surface area contributed by atoms with Gasteiger partial charge in [0.05, 0.1) is 30.7 Å². The molecule has 186 valence electrons. The van der Waals surface area contributed by atoms with Gasteiger partial charge in [0.15, 0.2) is 10.8 Å². The van der Waals surface area contributed by atoms with Gasteiger partial charge in [0.1, 0.15) is 17.3 Å². The first-order chi connectivity index (χ1) is 17.7. The van der Waals surface area contributed by atoms with Crippen LogP contribution in [0.15, 0.2) is 59.9 Å². The Kier molecular flexibility index (Phi) is 7.33. The molecule has 1 aliphatic heterocycles. The summed E-state index contributed by atoms with van der Waals surface area (Å²) >= 11 is 1.47. The number of nitrogens with zero attached hydrogens (tertiary/aromatic N) is 4. The molecule has 5 rings (SSSR count). The highest BCUT2D eigenvalue weighted by Gasteiger charge is 2.32. The fourth-order valence-electron chi connectivity index (χ4n) is 4.29. The van der Waals surface area contributed by atoms with E-state index in [1.54, 1.807) is 10.9 Å². The molecule has 1 amide bonds. The summed E-state index contributed by atoms with van der Waals surface area (Å²) in [5.41, 5.74) is 2.45. The molecular weight excluding hydrogens is 476 g/mol. The molecule has 0 unspecified atom stereocenters. The molecule has 3 heterocycles. The van der Waals surface area contributed by atoms with Crippen molar-refractivity contribution < 1.29 is 14.3 Å². The van der Waals surface area contributed by atoms with Gasteiger partial charge < -0.3 is 20.1 Å². The molecule has 0 spiro atoms. The summed E-state index contributed by atoms with van der Waals surface area (Å²) in [6.07, 6.45) is 3.70. The minimum Gasteiger partial charge on any atom is -0.457 e. The Hall–Kier alpha value is -3.63. The summed E-state index contributed by atoms with van der Waals surface area (Å²) < 4.78 is 13.2. The molecule has 0 atom stereocenters. The normalized spacial score (nSPS) is 12.6. The van der Waals surface area contributed by atoms with Crippen molar-refractivity contribution in [2.24, 2.45) is 0 Å². The summed E-state index contributed by atoms with van der Waals surface area (Å²) in [6.45, 7) is 4.76. The number of anilines is 1. The number of fused-ring (bicyclic) bond motifs is 3. The maximum atomic E-state index is 13.4. The standard InChI is InChI=1S/C26H28N6O3S/c1-3-34-15-13-27-23-19-16-29-32(24(19)31-26(30-23)36-2)14-12-28-25(33)22-17-8-4-6-10-20(17)35-21-11-7-5-9-18(21)22/h4-11,16,22H,3,12-15H2,1-2H3,(H,28,33)(H,27,30,31). The van der Waals surface area contributed by atoms with Crippen molar-refractivity contribution in [2.45, 2.75) is 24.5 Å². The maximum absolute atomic E-state index is 13.4. The molecule has 0 saturated carbocycles. The Bertz CT molecular complexity index is 1330. The summed E-state index contributed by atoms with van der Waals surface area (Å²) in [4.78, 5) is 22.6. The molecule has 9 nitrogen and oxygen atoms in total. The van der Waals surface area contributed by atoms with E-state index in [1.807, 2.05) is 61.7 Å². The molecule has 10 heteroatoms. The quantitative estimate of drug-likeness (QED) is 0.189. The zero-order valence-corrected chi connectivity index (χ0v) is 21.0. The Morgan fingerprint density at radius 3 is 2.50 bits per heavy atom. The molecule has 0 fully saturated rings. The van der Waals surface area contributed by atoms with Crippen molar-refractivity contribution in [3.8, 4) is 11.5 Å². The van der Waals surface area contributed by atoms with Crippen LogP contribution in [0, 0.1) is 0 Å². The number of rotatable bonds is 10. The molecular formula is C26H28N6O3S. The highest BCUT2D eigenvalue weighted by atomic mass is 32.2. The lowest BCUT2D eigenvalue weighted by molar-refractivity contribution is -0.121. The van der Waals surface area contributed by atoms with E-state index in [9.17, 15) is 4.79 Å². The van der Waals surface area contributed by atoms with E-state index < -0.39 is 5.92 Å². The van der Waals surface area contributed by atoms with Crippen molar-refractivity contribution in [3.63, 3.8) is 0 Å². The van der Waals surface area contributed by atoms with Gasteiger partial charge in [0.25, 0.3) is 0 Å². The van der Waals surface area contributed by atoms with Crippen LogP contribution in [0.1, 0.15) is 24.0 Å². The zero-order valence-electron chi connectivity index (χ0n) is 20.2. The third-order valence-corrected chi connectivity index (χ3v) is 6.51. The summed E-state index contributed by atoms with van der Waals surface area (Å²) in [7, 11) is 0. The zero-order chi connectivity index (χ0) is 24.9. The van der Waals surface area contributed by atoms with E-state index in [0.717, 1.165) is 28.0 Å². The van der Waals surface area contributed by atoms with Crippen LogP contribution in [-0.2, 0) is 16.1 Å². The fraction of sp³-hybridized carbons (Fsp3) is 0.308. The average Bonchev–Trinajstić information content (AvgIpc) is 3.32. The van der Waals surface area contributed by atoms with Gasteiger partial charge in [0.2, 0.25) is 5.91 Å². The molecule has 0 aliphatic carbocycles. The third kappa shape index (κ3) is 4.87. The number of thioether (sulfide) groups is 1. The van der Waals surface area contributed by atoms with Crippen molar-refractivity contribution in [3.05, 3.63) is 65.9 Å². The van der Waals surface area contributed by atoms with E-state index in [1.165, 1.54) is 11.8 Å². The number of amides is 1. The maximum Gasteiger partial charge on any atom is 0.232 e. The fourth-order valence-corrected chi connectivity index (χ4v) is 4.65. The molecule has 0 radical (unpaired) electrons. The topological polar surface area (TPSA) is 103 Å². The van der Waals surface area contributed by atoms with Gasteiger partial charge in [0, 0.05) is 30.8 Å². The molecule has 0 saturated heterocycles. The molecule has 2 aromatic heterocycles. The number of benzene rings is 2. The predicted molar refractivity (Wildman–Crippen MR) is 140 cm³/mol. The summed E-state index contributed by atoms with van der Waals surface area (Å²) in [5, 5.41) is 12.4. The SMILES string of the molecule is CCOCCNc1nc(SC)nc2c1cnn2CCNC(=O)C1c2ccccc2Oc2ccccc21. The van der Waals surface area contributed by atoms with Crippen LogP contribution in [0.5, 0.6) is 11.5 Å². The van der Waals surface area contributed by atoms with Crippen LogP contribution in [0.2, 0.25) is 0 Å². The number of hydrogen-bond donors (Lipinski definition) is 2. The van der Waals surface area contributed by atoms with Gasteiger partial charge in [-0.25, -0.2) is 14.6 Å². The van der Waals surface area contributed by atoms with E-state index in [4.69, 9.17) is 9.47 Å². The highest BCUT2D eigenvalue weighted by molar-refractivity contribution is 7.98. The van der Waals surface area contributed by atoms with E-state index in [-0.39, 0.29) is 5.91 Å². The lowest BCUT2D eigenvalue weighted by Gasteiger charge is -2.27. The van der Waals surface area contributed by atoms with Crippen molar-refractivity contribution in [2.75, 3.05) is 37.9 Å². The second-order valence-corrected chi connectivity index (χ2v) is 8.96. The van der Waals surface area contributed by atoms with Crippen LogP contribution >= 0.6 is 11.8 Å². The second-order valence-electron chi connectivity index (χ2n) is 8.19. The number of ether oxygens (including phenoxy) is 2. The van der Waals surface area contributed by atoms with Crippen LogP contribution in [0.3, 0.4) is 0 Å². The molecule has 4 aromatic rings. The first-order valence-corrected chi connectivity index (χ1v) is 13.1. The molecule has 36 heavy (non-hydrogen) atoms. The van der Waals surface area contributed by atoms with Gasteiger partial charge in [-0.1, -0.05) is 48.2 Å². The Morgan fingerprint density at radius 1 is 1.08 bits per heavy atom. The van der Waals surface area contributed by atoms with Crippen molar-refractivity contribution >= 4 is 34.5 Å². The van der Waals surface area contributed by atoms with Crippen molar-refractivity contribution in [1.82, 2.24) is 25.1 Å². The molecule has 2 aromatic carbocycles. The van der Waals surface area contributed by atoms with Crippen LogP contribution in [-0.4, -0.2) is 58.2 Å².